The second kappa shape index (κ2) is 7.14. The fraction of sp³-hybridized carbons (Fsp3) is 0.375. The molecule has 0 bridgehead atoms. The van der Waals surface area contributed by atoms with E-state index in [9.17, 15) is 8.42 Å². The van der Waals surface area contributed by atoms with Crippen LogP contribution in [-0.4, -0.2) is 57.9 Å². The molecule has 0 unspecified atom stereocenters. The van der Waals surface area contributed by atoms with E-state index < -0.39 is 10.0 Å². The van der Waals surface area contributed by atoms with Gasteiger partial charge in [0.1, 0.15) is 5.75 Å². The van der Waals surface area contributed by atoms with E-state index in [1.165, 1.54) is 6.20 Å². The molecule has 0 aliphatic carbocycles. The van der Waals surface area contributed by atoms with Crippen LogP contribution in [0.5, 0.6) is 5.75 Å². The number of hydrogen-bond acceptors (Lipinski definition) is 7. The first-order chi connectivity index (χ1) is 12.0. The molecule has 1 aromatic heterocycles. The van der Waals surface area contributed by atoms with Crippen LogP contribution in [0.2, 0.25) is 0 Å². The highest BCUT2D eigenvalue weighted by Crippen LogP contribution is 2.25. The standard InChI is InChI=1S/C16H21N5O3S/c1-24-14-5-3-13(4-6-14)20-9-11-21(12-10-20)16-15(17-7-8-18-16)19-25(2,22)23/h3-8H,9-12H2,1-2H3,(H,17,19). The van der Waals surface area contributed by atoms with Crippen LogP contribution in [0.3, 0.4) is 0 Å². The highest BCUT2D eigenvalue weighted by molar-refractivity contribution is 7.92. The molecule has 3 rings (SSSR count). The lowest BCUT2D eigenvalue weighted by Gasteiger charge is -2.37. The van der Waals surface area contributed by atoms with Crippen molar-refractivity contribution < 1.29 is 13.2 Å². The van der Waals surface area contributed by atoms with Gasteiger partial charge in [0.25, 0.3) is 0 Å². The first-order valence-corrected chi connectivity index (χ1v) is 9.78. The van der Waals surface area contributed by atoms with E-state index in [1.807, 2.05) is 29.2 Å². The van der Waals surface area contributed by atoms with E-state index in [0.29, 0.717) is 5.82 Å². The molecular formula is C16H21N5O3S. The molecule has 1 aliphatic rings. The minimum absolute atomic E-state index is 0.267. The van der Waals surface area contributed by atoms with Crippen molar-refractivity contribution >= 4 is 27.3 Å². The summed E-state index contributed by atoms with van der Waals surface area (Å²) in [5.41, 5.74) is 1.13. The average molecular weight is 363 g/mol. The van der Waals surface area contributed by atoms with Crippen LogP contribution in [0.25, 0.3) is 0 Å². The summed E-state index contributed by atoms with van der Waals surface area (Å²) in [4.78, 5) is 12.7. The lowest BCUT2D eigenvalue weighted by Crippen LogP contribution is -2.47. The molecule has 25 heavy (non-hydrogen) atoms. The molecule has 1 aromatic carbocycles. The summed E-state index contributed by atoms with van der Waals surface area (Å²) in [5.74, 6) is 1.66. The summed E-state index contributed by atoms with van der Waals surface area (Å²) >= 11 is 0. The quantitative estimate of drug-likeness (QED) is 0.853. The molecule has 0 atom stereocenters. The number of benzene rings is 1. The van der Waals surface area contributed by atoms with Crippen molar-refractivity contribution in [3.63, 3.8) is 0 Å². The van der Waals surface area contributed by atoms with Gasteiger partial charge < -0.3 is 14.5 Å². The van der Waals surface area contributed by atoms with Gasteiger partial charge in [-0.1, -0.05) is 0 Å². The van der Waals surface area contributed by atoms with Gasteiger partial charge in [0, 0.05) is 44.3 Å². The zero-order valence-corrected chi connectivity index (χ0v) is 15.0. The topological polar surface area (TPSA) is 87.7 Å². The Bertz CT molecular complexity index is 818. The summed E-state index contributed by atoms with van der Waals surface area (Å²) < 4.78 is 30.6. The number of piperazine rings is 1. The number of anilines is 3. The number of hydrogen-bond donors (Lipinski definition) is 1. The number of nitrogens with zero attached hydrogens (tertiary/aromatic N) is 4. The van der Waals surface area contributed by atoms with Crippen LogP contribution in [0.4, 0.5) is 17.3 Å². The fourth-order valence-electron chi connectivity index (χ4n) is 2.78. The van der Waals surface area contributed by atoms with Gasteiger partial charge in [-0.05, 0) is 24.3 Å². The van der Waals surface area contributed by atoms with Crippen molar-refractivity contribution in [2.45, 2.75) is 0 Å². The Morgan fingerprint density at radius 1 is 1.00 bits per heavy atom. The van der Waals surface area contributed by atoms with Crippen molar-refractivity contribution in [3.8, 4) is 5.75 Å². The Balaban J connectivity index is 1.70. The van der Waals surface area contributed by atoms with Crippen molar-refractivity contribution in [2.75, 3.05) is 54.1 Å². The number of ether oxygens (including phenoxy) is 1. The van der Waals surface area contributed by atoms with Crippen LogP contribution >= 0.6 is 0 Å². The second-order valence-electron chi connectivity index (χ2n) is 5.77. The smallest absolute Gasteiger partial charge is 0.231 e. The molecule has 2 aromatic rings. The van der Waals surface area contributed by atoms with Gasteiger partial charge >= 0.3 is 0 Å². The summed E-state index contributed by atoms with van der Waals surface area (Å²) in [6.45, 7) is 3.06. The third-order valence-electron chi connectivity index (χ3n) is 3.98. The van der Waals surface area contributed by atoms with E-state index in [4.69, 9.17) is 4.74 Å². The maximum atomic E-state index is 11.5. The Morgan fingerprint density at radius 2 is 1.60 bits per heavy atom. The average Bonchev–Trinajstić information content (AvgIpc) is 2.61. The van der Waals surface area contributed by atoms with E-state index in [0.717, 1.165) is 43.9 Å². The first-order valence-electron chi connectivity index (χ1n) is 7.89. The molecule has 1 N–H and O–H groups in total. The van der Waals surface area contributed by atoms with Gasteiger partial charge in [0.15, 0.2) is 11.6 Å². The summed E-state index contributed by atoms with van der Waals surface area (Å²) in [7, 11) is -1.75. The molecule has 0 saturated carbocycles. The maximum absolute atomic E-state index is 11.5. The summed E-state index contributed by atoms with van der Waals surface area (Å²) in [6, 6.07) is 7.96. The van der Waals surface area contributed by atoms with E-state index >= 15 is 0 Å². The minimum atomic E-state index is -3.40. The molecule has 0 radical (unpaired) electrons. The van der Waals surface area contributed by atoms with Gasteiger partial charge in [-0.25, -0.2) is 18.4 Å². The monoisotopic (exact) mass is 363 g/mol. The molecule has 0 spiro atoms. The fourth-order valence-corrected chi connectivity index (χ4v) is 3.27. The Morgan fingerprint density at radius 3 is 2.20 bits per heavy atom. The number of rotatable bonds is 5. The summed E-state index contributed by atoms with van der Waals surface area (Å²) in [5, 5.41) is 0. The molecule has 1 fully saturated rings. The van der Waals surface area contributed by atoms with Crippen LogP contribution in [0.1, 0.15) is 0 Å². The number of sulfonamides is 1. The normalized spacial score (nSPS) is 15.1. The van der Waals surface area contributed by atoms with Crippen LogP contribution < -0.4 is 19.3 Å². The first kappa shape index (κ1) is 17.3. The van der Waals surface area contributed by atoms with Crippen molar-refractivity contribution in [2.24, 2.45) is 0 Å². The van der Waals surface area contributed by atoms with E-state index in [2.05, 4.69) is 19.6 Å². The molecular weight excluding hydrogens is 342 g/mol. The molecule has 134 valence electrons. The third-order valence-corrected chi connectivity index (χ3v) is 4.54. The molecule has 0 amide bonds. The molecule has 8 nitrogen and oxygen atoms in total. The number of nitrogens with one attached hydrogen (secondary N) is 1. The molecule has 9 heteroatoms. The minimum Gasteiger partial charge on any atom is -0.497 e. The van der Waals surface area contributed by atoms with Gasteiger partial charge in [0.05, 0.1) is 13.4 Å². The Labute approximate surface area is 147 Å². The van der Waals surface area contributed by atoms with Crippen molar-refractivity contribution in [3.05, 3.63) is 36.7 Å². The third kappa shape index (κ3) is 4.30. The highest BCUT2D eigenvalue weighted by Gasteiger charge is 2.22. The summed E-state index contributed by atoms with van der Waals surface area (Å²) in [6.07, 6.45) is 4.15. The van der Waals surface area contributed by atoms with Crippen molar-refractivity contribution in [1.82, 2.24) is 9.97 Å². The highest BCUT2D eigenvalue weighted by atomic mass is 32.2. The zero-order chi connectivity index (χ0) is 17.9. The zero-order valence-electron chi connectivity index (χ0n) is 14.2. The predicted octanol–water partition coefficient (Wildman–Crippen LogP) is 1.18. The van der Waals surface area contributed by atoms with E-state index in [1.54, 1.807) is 13.3 Å². The molecule has 2 heterocycles. The molecule has 1 aliphatic heterocycles. The predicted molar refractivity (Wildman–Crippen MR) is 97.9 cm³/mol. The Hall–Kier alpha value is -2.55. The lowest BCUT2D eigenvalue weighted by molar-refractivity contribution is 0.415. The van der Waals surface area contributed by atoms with Gasteiger partial charge in [-0.2, -0.15) is 0 Å². The lowest BCUT2D eigenvalue weighted by atomic mass is 10.2. The second-order valence-corrected chi connectivity index (χ2v) is 7.52. The van der Waals surface area contributed by atoms with Gasteiger partial charge in [-0.15, -0.1) is 0 Å². The van der Waals surface area contributed by atoms with Crippen LogP contribution in [0.15, 0.2) is 36.7 Å². The van der Waals surface area contributed by atoms with Crippen LogP contribution in [-0.2, 0) is 10.0 Å². The number of methoxy groups -OCH3 is 1. The Kier molecular flexibility index (Phi) is 4.93. The van der Waals surface area contributed by atoms with E-state index in [-0.39, 0.29) is 5.82 Å². The van der Waals surface area contributed by atoms with Gasteiger partial charge in [0.2, 0.25) is 10.0 Å². The SMILES string of the molecule is COc1ccc(N2CCN(c3nccnc3NS(C)(=O)=O)CC2)cc1. The number of aromatic nitrogens is 2. The molecule has 1 saturated heterocycles. The van der Waals surface area contributed by atoms with Gasteiger partial charge in [-0.3, -0.25) is 4.72 Å². The largest absolute Gasteiger partial charge is 0.497 e. The van der Waals surface area contributed by atoms with Crippen molar-refractivity contribution in [1.29, 1.82) is 0 Å². The van der Waals surface area contributed by atoms with Crippen LogP contribution in [0, 0.1) is 0 Å². The maximum Gasteiger partial charge on any atom is 0.231 e.